The van der Waals surface area contributed by atoms with Crippen molar-refractivity contribution in [2.75, 3.05) is 19.5 Å². The number of amides is 1. The predicted molar refractivity (Wildman–Crippen MR) is 140 cm³/mol. The first-order chi connectivity index (χ1) is 16.3. The van der Waals surface area contributed by atoms with Crippen LogP contribution in [0.25, 0.3) is 0 Å². The second-order valence-corrected chi connectivity index (χ2v) is 10.8. The Morgan fingerprint density at radius 3 is 2.56 bits per heavy atom. The summed E-state index contributed by atoms with van der Waals surface area (Å²) in [6, 6.07) is 15.3. The summed E-state index contributed by atoms with van der Waals surface area (Å²) in [5.74, 6) is 1.65. The molecule has 1 aliphatic rings. The van der Waals surface area contributed by atoms with Gasteiger partial charge in [-0.15, -0.1) is 11.3 Å². The first kappa shape index (κ1) is 24.0. The van der Waals surface area contributed by atoms with Gasteiger partial charge < -0.3 is 14.8 Å². The summed E-state index contributed by atoms with van der Waals surface area (Å²) < 4.78 is 10.8. The van der Waals surface area contributed by atoms with Crippen LogP contribution >= 0.6 is 11.3 Å². The minimum absolute atomic E-state index is 0.157. The number of nitrogens with zero attached hydrogens (tertiary/aromatic N) is 1. The molecule has 0 saturated carbocycles. The molecule has 0 saturated heterocycles. The van der Waals surface area contributed by atoms with E-state index in [4.69, 9.17) is 14.5 Å². The van der Waals surface area contributed by atoms with E-state index in [2.05, 4.69) is 26.1 Å². The number of anilines is 1. The Hall–Kier alpha value is -3.12. The van der Waals surface area contributed by atoms with Gasteiger partial charge in [0.1, 0.15) is 16.5 Å². The van der Waals surface area contributed by atoms with Gasteiger partial charge in [-0.1, -0.05) is 51.1 Å². The molecule has 1 N–H and O–H groups in total. The number of aliphatic imine (C=N–C) groups is 1. The molecule has 6 heteroatoms. The number of thiophene rings is 1. The number of rotatable bonds is 6. The van der Waals surface area contributed by atoms with E-state index in [0.29, 0.717) is 28.7 Å². The van der Waals surface area contributed by atoms with E-state index in [1.165, 1.54) is 4.88 Å². The summed E-state index contributed by atoms with van der Waals surface area (Å²) in [6.45, 7) is 6.90. The van der Waals surface area contributed by atoms with Crippen molar-refractivity contribution >= 4 is 34.1 Å². The molecule has 0 radical (unpaired) electrons. The summed E-state index contributed by atoms with van der Waals surface area (Å²) in [7, 11) is 3.19. The zero-order valence-electron chi connectivity index (χ0n) is 20.5. The van der Waals surface area contributed by atoms with Crippen LogP contribution in [0.2, 0.25) is 0 Å². The van der Waals surface area contributed by atoms with Crippen molar-refractivity contribution in [3.05, 3.63) is 70.1 Å². The first-order valence-electron chi connectivity index (χ1n) is 11.6. The molecule has 3 aromatic rings. The molecule has 34 heavy (non-hydrogen) atoms. The molecule has 0 spiro atoms. The summed E-state index contributed by atoms with van der Waals surface area (Å²) in [6.07, 6.45) is 4.78. The van der Waals surface area contributed by atoms with Crippen LogP contribution in [-0.2, 0) is 12.8 Å². The van der Waals surface area contributed by atoms with Crippen molar-refractivity contribution in [3.63, 3.8) is 0 Å². The van der Waals surface area contributed by atoms with Crippen LogP contribution in [0.15, 0.2) is 53.5 Å². The largest absolute Gasteiger partial charge is 0.497 e. The molecule has 1 amide bonds. The van der Waals surface area contributed by atoms with Gasteiger partial charge in [-0.05, 0) is 53.9 Å². The Labute approximate surface area is 205 Å². The first-order valence-corrected chi connectivity index (χ1v) is 12.4. The molecule has 2 aromatic carbocycles. The molecule has 1 heterocycles. The standard InChI is InChI=1S/C28H32N2O3S/c1-28(2,3)19-11-13-21-24(15-19)34-27(29-17-18-9-7-6-8-10-18)25(21)26(31)30-22-14-12-20(32-4)16-23(22)33-5/h6-10,12,14,16-17,19H,11,13,15H2,1-5H3,(H,30,31)/b29-17+. The summed E-state index contributed by atoms with van der Waals surface area (Å²) >= 11 is 1.65. The Morgan fingerprint density at radius 2 is 1.88 bits per heavy atom. The maximum atomic E-state index is 13.6. The second kappa shape index (κ2) is 10.0. The quantitative estimate of drug-likeness (QED) is 0.393. The molecular weight excluding hydrogens is 444 g/mol. The molecule has 0 aliphatic heterocycles. The third-order valence-corrected chi connectivity index (χ3v) is 7.65. The SMILES string of the molecule is COc1ccc(NC(=O)c2c(/N=C/c3ccccc3)sc3c2CCC(C(C)(C)C)C3)c(OC)c1. The van der Waals surface area contributed by atoms with Crippen molar-refractivity contribution in [1.82, 2.24) is 0 Å². The highest BCUT2D eigenvalue weighted by molar-refractivity contribution is 7.16. The lowest BCUT2D eigenvalue weighted by atomic mass is 9.72. The maximum absolute atomic E-state index is 13.6. The van der Waals surface area contributed by atoms with E-state index in [1.54, 1.807) is 37.7 Å². The number of carbonyl (C=O) groups excluding carboxylic acids is 1. The van der Waals surface area contributed by atoms with E-state index in [-0.39, 0.29) is 11.3 Å². The van der Waals surface area contributed by atoms with E-state index >= 15 is 0 Å². The fourth-order valence-electron chi connectivity index (χ4n) is 4.39. The lowest BCUT2D eigenvalue weighted by Gasteiger charge is -2.33. The van der Waals surface area contributed by atoms with Crippen molar-refractivity contribution in [1.29, 1.82) is 0 Å². The Kier molecular flexibility index (Phi) is 7.08. The molecule has 1 aromatic heterocycles. The van der Waals surface area contributed by atoms with Gasteiger partial charge in [-0.3, -0.25) is 4.79 Å². The lowest BCUT2D eigenvalue weighted by molar-refractivity contribution is 0.102. The number of hydrogen-bond acceptors (Lipinski definition) is 5. The molecule has 178 valence electrons. The predicted octanol–water partition coefficient (Wildman–Crippen LogP) is 6.92. The highest BCUT2D eigenvalue weighted by Crippen LogP contribution is 2.45. The molecule has 0 fully saturated rings. The fraction of sp³-hybridized carbons (Fsp3) is 0.357. The summed E-state index contributed by atoms with van der Waals surface area (Å²) in [4.78, 5) is 19.7. The van der Waals surface area contributed by atoms with Crippen LogP contribution < -0.4 is 14.8 Å². The molecule has 1 atom stereocenters. The number of fused-ring (bicyclic) bond motifs is 1. The second-order valence-electron chi connectivity index (χ2n) is 9.68. The number of methoxy groups -OCH3 is 2. The van der Waals surface area contributed by atoms with Crippen molar-refractivity contribution < 1.29 is 14.3 Å². The van der Waals surface area contributed by atoms with Crippen LogP contribution in [0.4, 0.5) is 10.7 Å². The van der Waals surface area contributed by atoms with Crippen LogP contribution in [0.3, 0.4) is 0 Å². The van der Waals surface area contributed by atoms with E-state index in [9.17, 15) is 4.79 Å². The van der Waals surface area contributed by atoms with Gasteiger partial charge in [0.05, 0.1) is 25.5 Å². The van der Waals surface area contributed by atoms with E-state index in [0.717, 1.165) is 35.4 Å². The average molecular weight is 477 g/mol. The Bertz CT molecular complexity index is 1190. The third-order valence-electron chi connectivity index (χ3n) is 6.49. The fourth-order valence-corrected chi connectivity index (χ4v) is 5.66. The van der Waals surface area contributed by atoms with E-state index < -0.39 is 0 Å². The number of ether oxygens (including phenoxy) is 2. The van der Waals surface area contributed by atoms with Gasteiger partial charge in [-0.25, -0.2) is 4.99 Å². The van der Waals surface area contributed by atoms with Crippen LogP contribution in [0.1, 0.15) is 53.6 Å². The highest BCUT2D eigenvalue weighted by atomic mass is 32.1. The number of nitrogens with one attached hydrogen (secondary N) is 1. The van der Waals surface area contributed by atoms with Crippen LogP contribution in [-0.4, -0.2) is 26.3 Å². The van der Waals surface area contributed by atoms with Crippen molar-refractivity contribution in [2.45, 2.75) is 40.0 Å². The smallest absolute Gasteiger partial charge is 0.259 e. The molecule has 1 unspecified atom stereocenters. The molecule has 4 rings (SSSR count). The monoisotopic (exact) mass is 476 g/mol. The number of hydrogen-bond donors (Lipinski definition) is 1. The van der Waals surface area contributed by atoms with Gasteiger partial charge in [0, 0.05) is 17.2 Å². The molecule has 5 nitrogen and oxygen atoms in total. The Morgan fingerprint density at radius 1 is 1.12 bits per heavy atom. The Balaban J connectivity index is 1.71. The van der Waals surface area contributed by atoms with Gasteiger partial charge in [0.25, 0.3) is 5.91 Å². The maximum Gasteiger partial charge on any atom is 0.259 e. The van der Waals surface area contributed by atoms with Crippen molar-refractivity contribution in [3.8, 4) is 11.5 Å². The van der Waals surface area contributed by atoms with E-state index in [1.807, 2.05) is 42.6 Å². The number of carbonyl (C=O) groups is 1. The normalized spacial score (nSPS) is 15.7. The lowest BCUT2D eigenvalue weighted by Crippen LogP contribution is -2.27. The summed E-state index contributed by atoms with van der Waals surface area (Å²) in [5.41, 5.74) is 3.65. The summed E-state index contributed by atoms with van der Waals surface area (Å²) in [5, 5.41) is 3.82. The van der Waals surface area contributed by atoms with Gasteiger partial charge in [-0.2, -0.15) is 0 Å². The van der Waals surface area contributed by atoms with Crippen LogP contribution in [0, 0.1) is 11.3 Å². The molecular formula is C28H32N2O3S. The average Bonchev–Trinajstić information content (AvgIpc) is 3.21. The zero-order valence-corrected chi connectivity index (χ0v) is 21.3. The van der Waals surface area contributed by atoms with Crippen LogP contribution in [0.5, 0.6) is 11.5 Å². The van der Waals surface area contributed by atoms with Gasteiger partial charge in [0.2, 0.25) is 0 Å². The number of benzene rings is 2. The minimum Gasteiger partial charge on any atom is -0.497 e. The van der Waals surface area contributed by atoms with Gasteiger partial charge >= 0.3 is 0 Å². The molecule has 0 bridgehead atoms. The highest BCUT2D eigenvalue weighted by Gasteiger charge is 2.33. The minimum atomic E-state index is -0.157. The zero-order chi connectivity index (χ0) is 24.3. The molecule has 1 aliphatic carbocycles. The topological polar surface area (TPSA) is 59.9 Å². The van der Waals surface area contributed by atoms with Crippen molar-refractivity contribution in [2.24, 2.45) is 16.3 Å². The third kappa shape index (κ3) is 5.17. The van der Waals surface area contributed by atoms with Gasteiger partial charge in [0.15, 0.2) is 0 Å².